The number of anilines is 3. The van der Waals surface area contributed by atoms with E-state index >= 15 is 0 Å². The van der Waals surface area contributed by atoms with Gasteiger partial charge in [-0.3, -0.25) is 4.98 Å². The van der Waals surface area contributed by atoms with Crippen molar-refractivity contribution < 1.29 is 0 Å². The standard InChI is InChI=1S/C15H12IN5/c16-12-4-3-11(17)8-14(12)21-15-19-7-5-13(20-15)10-2-1-6-18-9-10/h1-9H,17H2,(H,19,20,21). The lowest BCUT2D eigenvalue weighted by atomic mass is 10.2. The van der Waals surface area contributed by atoms with Crippen LogP contribution in [0.3, 0.4) is 0 Å². The quantitative estimate of drug-likeness (QED) is 0.530. The topological polar surface area (TPSA) is 76.7 Å². The summed E-state index contributed by atoms with van der Waals surface area (Å²) < 4.78 is 1.05. The number of hydrogen-bond acceptors (Lipinski definition) is 5. The average Bonchev–Trinajstić information content (AvgIpc) is 2.52. The largest absolute Gasteiger partial charge is 0.399 e. The molecule has 2 heterocycles. The van der Waals surface area contributed by atoms with Gasteiger partial charge in [-0.05, 0) is 59.0 Å². The summed E-state index contributed by atoms with van der Waals surface area (Å²) in [4.78, 5) is 12.8. The monoisotopic (exact) mass is 389 g/mol. The van der Waals surface area contributed by atoms with Crippen molar-refractivity contribution in [1.82, 2.24) is 15.0 Å². The molecule has 0 bridgehead atoms. The first-order valence-electron chi connectivity index (χ1n) is 6.28. The van der Waals surface area contributed by atoms with E-state index in [4.69, 9.17) is 5.73 Å². The zero-order chi connectivity index (χ0) is 14.7. The van der Waals surface area contributed by atoms with Crippen LogP contribution in [0.1, 0.15) is 0 Å². The molecular formula is C15H12IN5. The van der Waals surface area contributed by atoms with Gasteiger partial charge in [-0.2, -0.15) is 0 Å². The van der Waals surface area contributed by atoms with Crippen molar-refractivity contribution in [1.29, 1.82) is 0 Å². The summed E-state index contributed by atoms with van der Waals surface area (Å²) in [6.45, 7) is 0. The summed E-state index contributed by atoms with van der Waals surface area (Å²) in [6, 6.07) is 11.4. The van der Waals surface area contributed by atoms with Crippen LogP contribution in [0.15, 0.2) is 55.0 Å². The van der Waals surface area contributed by atoms with E-state index < -0.39 is 0 Å². The second-order valence-corrected chi connectivity index (χ2v) is 5.53. The van der Waals surface area contributed by atoms with E-state index in [0.29, 0.717) is 11.6 Å². The minimum Gasteiger partial charge on any atom is -0.399 e. The Labute approximate surface area is 135 Å². The Morgan fingerprint density at radius 3 is 2.81 bits per heavy atom. The third kappa shape index (κ3) is 3.27. The van der Waals surface area contributed by atoms with Gasteiger partial charge in [0.25, 0.3) is 0 Å². The first-order valence-corrected chi connectivity index (χ1v) is 7.36. The second-order valence-electron chi connectivity index (χ2n) is 4.37. The maximum atomic E-state index is 5.81. The molecule has 0 radical (unpaired) electrons. The third-order valence-corrected chi connectivity index (χ3v) is 3.79. The van der Waals surface area contributed by atoms with Gasteiger partial charge in [0.1, 0.15) is 0 Å². The molecule has 0 unspecified atom stereocenters. The van der Waals surface area contributed by atoms with Crippen LogP contribution in [-0.2, 0) is 0 Å². The molecule has 0 saturated carbocycles. The van der Waals surface area contributed by atoms with E-state index in [0.717, 1.165) is 20.5 Å². The predicted octanol–water partition coefficient (Wildman–Crippen LogP) is 3.47. The second kappa shape index (κ2) is 6.04. The average molecular weight is 389 g/mol. The number of nitrogens with two attached hydrogens (primary N) is 1. The van der Waals surface area contributed by atoms with Crippen molar-refractivity contribution in [2.24, 2.45) is 0 Å². The molecule has 5 nitrogen and oxygen atoms in total. The Hall–Kier alpha value is -2.22. The molecule has 3 aromatic rings. The van der Waals surface area contributed by atoms with Crippen LogP contribution in [-0.4, -0.2) is 15.0 Å². The van der Waals surface area contributed by atoms with Crippen molar-refractivity contribution >= 4 is 39.9 Å². The third-order valence-electron chi connectivity index (χ3n) is 2.85. The van der Waals surface area contributed by atoms with Crippen LogP contribution in [0, 0.1) is 3.57 Å². The molecule has 2 aromatic heterocycles. The Kier molecular flexibility index (Phi) is 3.96. The van der Waals surface area contributed by atoms with E-state index in [-0.39, 0.29) is 0 Å². The summed E-state index contributed by atoms with van der Waals surface area (Å²) in [6.07, 6.45) is 5.23. The van der Waals surface area contributed by atoms with Gasteiger partial charge in [0.05, 0.1) is 11.4 Å². The summed E-state index contributed by atoms with van der Waals surface area (Å²) in [7, 11) is 0. The fourth-order valence-electron chi connectivity index (χ4n) is 1.85. The van der Waals surface area contributed by atoms with Gasteiger partial charge in [0, 0.05) is 33.4 Å². The van der Waals surface area contributed by atoms with Crippen LogP contribution in [0.4, 0.5) is 17.3 Å². The lowest BCUT2D eigenvalue weighted by Gasteiger charge is -2.09. The van der Waals surface area contributed by atoms with Gasteiger partial charge < -0.3 is 11.1 Å². The number of nitrogen functional groups attached to an aromatic ring is 1. The van der Waals surface area contributed by atoms with Crippen LogP contribution in [0.5, 0.6) is 0 Å². The molecule has 0 aliphatic rings. The van der Waals surface area contributed by atoms with E-state index in [1.54, 1.807) is 18.6 Å². The van der Waals surface area contributed by atoms with Crippen LogP contribution in [0.2, 0.25) is 0 Å². The van der Waals surface area contributed by atoms with Gasteiger partial charge in [0.2, 0.25) is 5.95 Å². The van der Waals surface area contributed by atoms with E-state index in [9.17, 15) is 0 Å². The number of benzene rings is 1. The summed E-state index contributed by atoms with van der Waals surface area (Å²) in [5.41, 5.74) is 9.16. The minimum atomic E-state index is 0.528. The molecule has 1 aromatic carbocycles. The molecule has 6 heteroatoms. The molecule has 104 valence electrons. The number of halogens is 1. The first kappa shape index (κ1) is 13.7. The predicted molar refractivity (Wildman–Crippen MR) is 92.1 cm³/mol. The SMILES string of the molecule is Nc1ccc(I)c(Nc2nccc(-c3cccnc3)n2)c1. The molecule has 3 rings (SSSR count). The zero-order valence-corrected chi connectivity index (χ0v) is 13.2. The summed E-state index contributed by atoms with van der Waals surface area (Å²) in [5, 5.41) is 3.19. The zero-order valence-electron chi connectivity index (χ0n) is 11.0. The van der Waals surface area contributed by atoms with Gasteiger partial charge in [-0.25, -0.2) is 9.97 Å². The maximum Gasteiger partial charge on any atom is 0.227 e. The number of hydrogen-bond donors (Lipinski definition) is 2. The van der Waals surface area contributed by atoms with Crippen LogP contribution < -0.4 is 11.1 Å². The molecule has 0 amide bonds. The fourth-order valence-corrected chi connectivity index (χ4v) is 2.32. The Bertz CT molecular complexity index is 761. The highest BCUT2D eigenvalue weighted by atomic mass is 127. The van der Waals surface area contributed by atoms with Crippen molar-refractivity contribution in [3.8, 4) is 11.3 Å². The van der Waals surface area contributed by atoms with Gasteiger partial charge >= 0.3 is 0 Å². The molecule has 3 N–H and O–H groups in total. The maximum absolute atomic E-state index is 5.81. The van der Waals surface area contributed by atoms with E-state index in [2.05, 4.69) is 42.9 Å². The molecule has 0 spiro atoms. The summed E-state index contributed by atoms with van der Waals surface area (Å²) >= 11 is 2.24. The van der Waals surface area contributed by atoms with E-state index in [1.807, 2.05) is 36.4 Å². The van der Waals surface area contributed by atoms with E-state index in [1.165, 1.54) is 0 Å². The number of rotatable bonds is 3. The minimum absolute atomic E-state index is 0.528. The Morgan fingerprint density at radius 2 is 2.00 bits per heavy atom. The fraction of sp³-hybridized carbons (Fsp3) is 0. The smallest absolute Gasteiger partial charge is 0.227 e. The Balaban J connectivity index is 1.92. The van der Waals surface area contributed by atoms with Crippen molar-refractivity contribution in [2.75, 3.05) is 11.1 Å². The van der Waals surface area contributed by atoms with Crippen LogP contribution >= 0.6 is 22.6 Å². The molecule has 0 aliphatic heterocycles. The first-order chi connectivity index (χ1) is 10.2. The van der Waals surface area contributed by atoms with Crippen LogP contribution in [0.25, 0.3) is 11.3 Å². The highest BCUT2D eigenvalue weighted by Crippen LogP contribution is 2.24. The molecule has 0 fully saturated rings. The van der Waals surface area contributed by atoms with Crippen molar-refractivity contribution in [3.63, 3.8) is 0 Å². The van der Waals surface area contributed by atoms with Gasteiger partial charge in [-0.15, -0.1) is 0 Å². The molecular weight excluding hydrogens is 377 g/mol. The van der Waals surface area contributed by atoms with Gasteiger partial charge in [0.15, 0.2) is 0 Å². The number of pyridine rings is 1. The van der Waals surface area contributed by atoms with Gasteiger partial charge in [-0.1, -0.05) is 0 Å². The van der Waals surface area contributed by atoms with Crippen molar-refractivity contribution in [3.05, 3.63) is 58.6 Å². The highest BCUT2D eigenvalue weighted by Gasteiger charge is 2.05. The normalized spacial score (nSPS) is 10.3. The molecule has 0 atom stereocenters. The Morgan fingerprint density at radius 1 is 1.10 bits per heavy atom. The lowest BCUT2D eigenvalue weighted by Crippen LogP contribution is -2.00. The molecule has 21 heavy (non-hydrogen) atoms. The van der Waals surface area contributed by atoms with Crippen molar-refractivity contribution in [2.45, 2.75) is 0 Å². The molecule has 0 saturated heterocycles. The molecule has 0 aliphatic carbocycles. The number of aromatic nitrogens is 3. The summed E-state index contributed by atoms with van der Waals surface area (Å²) in [5.74, 6) is 0.528. The highest BCUT2D eigenvalue weighted by molar-refractivity contribution is 14.1. The number of nitrogens with zero attached hydrogens (tertiary/aromatic N) is 3. The number of nitrogens with one attached hydrogen (secondary N) is 1. The lowest BCUT2D eigenvalue weighted by molar-refractivity contribution is 1.16.